The van der Waals surface area contributed by atoms with Crippen molar-refractivity contribution < 1.29 is 19.4 Å². The minimum atomic E-state index is -1.46. The molecule has 1 amide bonds. The molecule has 0 saturated heterocycles. The Balaban J connectivity index is 3.54. The van der Waals surface area contributed by atoms with Crippen LogP contribution in [-0.4, -0.2) is 37.2 Å². The summed E-state index contributed by atoms with van der Waals surface area (Å²) in [5.74, 6) is -2.31. The number of carbonyl (C=O) groups excluding carboxylic acids is 1. The van der Waals surface area contributed by atoms with Crippen molar-refractivity contribution >= 4 is 11.9 Å². The van der Waals surface area contributed by atoms with Crippen LogP contribution in [-0.2, 0) is 14.3 Å². The van der Waals surface area contributed by atoms with Gasteiger partial charge >= 0.3 is 11.9 Å². The number of nitrogens with one attached hydrogen (secondary N) is 1. The monoisotopic (exact) mass is 175 g/mol. The number of amides is 1. The van der Waals surface area contributed by atoms with Gasteiger partial charge in [-0.2, -0.15) is 0 Å². The molecule has 12 heavy (non-hydrogen) atoms. The molecule has 0 aliphatic rings. The van der Waals surface area contributed by atoms with Crippen LogP contribution in [0.25, 0.3) is 0 Å². The van der Waals surface area contributed by atoms with Crippen LogP contribution in [0.4, 0.5) is 0 Å². The lowest BCUT2D eigenvalue weighted by molar-refractivity contribution is -0.150. The number of rotatable bonds is 4. The lowest BCUT2D eigenvalue weighted by atomic mass is 10.2. The normalized spacial score (nSPS) is 12.2. The first-order valence-electron chi connectivity index (χ1n) is 3.58. The van der Waals surface area contributed by atoms with Crippen LogP contribution in [0.1, 0.15) is 6.92 Å². The molecule has 0 rings (SSSR count). The van der Waals surface area contributed by atoms with E-state index in [9.17, 15) is 9.59 Å². The summed E-state index contributed by atoms with van der Waals surface area (Å²) in [6, 6.07) is 0. The molecule has 0 saturated carbocycles. The van der Waals surface area contributed by atoms with Gasteiger partial charge < -0.3 is 15.2 Å². The van der Waals surface area contributed by atoms with Crippen molar-refractivity contribution in [3.05, 3.63) is 0 Å². The van der Waals surface area contributed by atoms with Gasteiger partial charge in [0, 0.05) is 13.7 Å². The fourth-order valence-electron chi connectivity index (χ4n) is 0.686. The summed E-state index contributed by atoms with van der Waals surface area (Å²) < 4.78 is 4.80. The molecule has 0 fully saturated rings. The molecule has 1 unspecified atom stereocenters. The van der Waals surface area contributed by atoms with Crippen molar-refractivity contribution in [1.82, 2.24) is 5.32 Å². The topological polar surface area (TPSA) is 75.6 Å². The molecule has 0 bridgehead atoms. The van der Waals surface area contributed by atoms with E-state index in [1.54, 1.807) is 7.11 Å². The third-order valence-corrected chi connectivity index (χ3v) is 1.26. The predicted octanol–water partition coefficient (Wildman–Crippen LogP) is -0.530. The van der Waals surface area contributed by atoms with E-state index < -0.39 is 11.9 Å². The summed E-state index contributed by atoms with van der Waals surface area (Å²) in [4.78, 5) is 20.5. The second kappa shape index (κ2) is 5.54. The van der Waals surface area contributed by atoms with Crippen LogP contribution in [0.3, 0.4) is 0 Å². The maximum atomic E-state index is 10.5. The number of carboxylic acids is 1. The molecule has 5 heteroatoms. The molecular weight excluding hydrogens is 162 g/mol. The zero-order valence-electron chi connectivity index (χ0n) is 7.16. The van der Waals surface area contributed by atoms with Crippen LogP contribution in [0.2, 0.25) is 0 Å². The smallest absolute Gasteiger partial charge is 0.394 e. The molecule has 0 aromatic rings. The van der Waals surface area contributed by atoms with Crippen LogP contribution in [0.15, 0.2) is 0 Å². The Morgan fingerprint density at radius 2 is 2.17 bits per heavy atom. The molecule has 0 radical (unpaired) electrons. The van der Waals surface area contributed by atoms with Crippen molar-refractivity contribution in [2.45, 2.75) is 6.92 Å². The molecule has 5 nitrogen and oxygen atoms in total. The van der Waals surface area contributed by atoms with Crippen molar-refractivity contribution in [3.63, 3.8) is 0 Å². The average Bonchev–Trinajstić information content (AvgIpc) is 2.00. The molecule has 0 heterocycles. The first-order valence-corrected chi connectivity index (χ1v) is 3.58. The van der Waals surface area contributed by atoms with E-state index in [4.69, 9.17) is 9.84 Å². The van der Waals surface area contributed by atoms with E-state index >= 15 is 0 Å². The van der Waals surface area contributed by atoms with Gasteiger partial charge in [-0.25, -0.2) is 4.79 Å². The summed E-state index contributed by atoms with van der Waals surface area (Å²) in [6.45, 7) is 2.67. The Hall–Kier alpha value is -1.10. The minimum absolute atomic E-state index is 0.123. The van der Waals surface area contributed by atoms with Crippen LogP contribution < -0.4 is 5.32 Å². The lowest BCUT2D eigenvalue weighted by Crippen LogP contribution is -2.34. The van der Waals surface area contributed by atoms with E-state index in [1.807, 2.05) is 6.92 Å². The van der Waals surface area contributed by atoms with Gasteiger partial charge in [0.15, 0.2) is 0 Å². The molecule has 70 valence electrons. The molecular formula is C7H13NO4. The second-order valence-electron chi connectivity index (χ2n) is 2.58. The third-order valence-electron chi connectivity index (χ3n) is 1.26. The number of ether oxygens (including phenoxy) is 1. The van der Waals surface area contributed by atoms with Gasteiger partial charge in [-0.15, -0.1) is 0 Å². The van der Waals surface area contributed by atoms with Crippen LogP contribution in [0.5, 0.6) is 0 Å². The quantitative estimate of drug-likeness (QED) is 0.563. The zero-order valence-corrected chi connectivity index (χ0v) is 7.16. The second-order valence-corrected chi connectivity index (χ2v) is 2.58. The van der Waals surface area contributed by atoms with E-state index in [0.717, 1.165) is 0 Å². The van der Waals surface area contributed by atoms with Gasteiger partial charge in [-0.1, -0.05) is 6.92 Å². The summed E-state index contributed by atoms with van der Waals surface area (Å²) >= 11 is 0. The number of carboxylic acid groups (broad SMARTS) is 1. The van der Waals surface area contributed by atoms with E-state index in [0.29, 0.717) is 13.2 Å². The Morgan fingerprint density at radius 1 is 1.58 bits per heavy atom. The standard InChI is InChI=1S/C7H13NO4/c1-5(4-12-2)3-8-6(9)7(10)11/h5H,3-4H2,1-2H3,(H,8,9)(H,10,11). The summed E-state index contributed by atoms with van der Waals surface area (Å²) in [7, 11) is 1.55. The Bertz CT molecular complexity index is 169. The van der Waals surface area contributed by atoms with Gasteiger partial charge in [-0.05, 0) is 5.92 Å². The first-order chi connectivity index (χ1) is 5.57. The summed E-state index contributed by atoms with van der Waals surface area (Å²) in [6.07, 6.45) is 0. The minimum Gasteiger partial charge on any atom is -0.474 e. The van der Waals surface area contributed by atoms with Gasteiger partial charge in [0.2, 0.25) is 0 Å². The first kappa shape index (κ1) is 10.9. The van der Waals surface area contributed by atoms with E-state index in [1.165, 1.54) is 0 Å². The Kier molecular flexibility index (Phi) is 5.03. The maximum absolute atomic E-state index is 10.5. The van der Waals surface area contributed by atoms with E-state index in [-0.39, 0.29) is 5.92 Å². The van der Waals surface area contributed by atoms with Crippen LogP contribution in [0, 0.1) is 5.92 Å². The number of carbonyl (C=O) groups is 2. The highest BCUT2D eigenvalue weighted by molar-refractivity contribution is 6.31. The average molecular weight is 175 g/mol. The maximum Gasteiger partial charge on any atom is 0.394 e. The van der Waals surface area contributed by atoms with Gasteiger partial charge in [0.25, 0.3) is 0 Å². The number of hydrogen-bond donors (Lipinski definition) is 2. The fourth-order valence-corrected chi connectivity index (χ4v) is 0.686. The van der Waals surface area contributed by atoms with Crippen molar-refractivity contribution in [2.24, 2.45) is 5.92 Å². The summed E-state index contributed by atoms with van der Waals surface area (Å²) in [5, 5.41) is 10.4. The number of methoxy groups -OCH3 is 1. The summed E-state index contributed by atoms with van der Waals surface area (Å²) in [5.41, 5.74) is 0. The largest absolute Gasteiger partial charge is 0.474 e. The Morgan fingerprint density at radius 3 is 2.58 bits per heavy atom. The van der Waals surface area contributed by atoms with Gasteiger partial charge in [-0.3, -0.25) is 4.79 Å². The van der Waals surface area contributed by atoms with Crippen LogP contribution >= 0.6 is 0 Å². The zero-order chi connectivity index (χ0) is 9.56. The SMILES string of the molecule is COCC(C)CNC(=O)C(=O)O. The third kappa shape index (κ3) is 4.68. The lowest BCUT2D eigenvalue weighted by Gasteiger charge is -2.09. The number of aliphatic carboxylic acids is 1. The molecule has 0 aliphatic carbocycles. The van der Waals surface area contributed by atoms with E-state index in [2.05, 4.69) is 5.32 Å². The molecule has 0 aromatic carbocycles. The van der Waals surface area contributed by atoms with Gasteiger partial charge in [0.1, 0.15) is 0 Å². The fraction of sp³-hybridized carbons (Fsp3) is 0.714. The van der Waals surface area contributed by atoms with Crippen molar-refractivity contribution in [2.75, 3.05) is 20.3 Å². The van der Waals surface area contributed by atoms with Gasteiger partial charge in [0.05, 0.1) is 6.61 Å². The highest BCUT2D eigenvalue weighted by Gasteiger charge is 2.11. The number of hydrogen-bond acceptors (Lipinski definition) is 3. The molecule has 0 aliphatic heterocycles. The molecule has 1 atom stereocenters. The molecule has 2 N–H and O–H groups in total. The van der Waals surface area contributed by atoms with Crippen molar-refractivity contribution in [3.8, 4) is 0 Å². The highest BCUT2D eigenvalue weighted by atomic mass is 16.5. The highest BCUT2D eigenvalue weighted by Crippen LogP contribution is 1.91. The van der Waals surface area contributed by atoms with Crippen molar-refractivity contribution in [1.29, 1.82) is 0 Å². The Labute approximate surface area is 70.7 Å². The molecule has 0 spiro atoms. The molecule has 0 aromatic heterocycles. The predicted molar refractivity (Wildman–Crippen MR) is 41.7 cm³/mol.